The number of aliphatic hydroxyl groups excluding tert-OH is 1. The molecule has 1 aliphatic carbocycles. The maximum Gasteiger partial charge on any atom is 0.0897 e. The summed E-state index contributed by atoms with van der Waals surface area (Å²) >= 11 is 1.94. The molecule has 0 radical (unpaired) electrons. The second-order valence-electron chi connectivity index (χ2n) is 5.95. The van der Waals surface area contributed by atoms with Crippen LogP contribution in [0, 0.1) is 5.92 Å². The zero-order valence-electron chi connectivity index (χ0n) is 12.2. The minimum Gasteiger partial charge on any atom is -0.389 e. The van der Waals surface area contributed by atoms with Gasteiger partial charge in [0.2, 0.25) is 0 Å². The first-order chi connectivity index (χ1) is 8.47. The molecule has 0 aromatic carbocycles. The molecule has 0 heterocycles. The zero-order chi connectivity index (χ0) is 13.6. The predicted octanol–water partition coefficient (Wildman–Crippen LogP) is 2.28. The van der Waals surface area contributed by atoms with Crippen molar-refractivity contribution in [2.75, 3.05) is 26.0 Å². The normalized spacial score (nSPS) is 21.0. The van der Waals surface area contributed by atoms with E-state index in [1.807, 2.05) is 11.8 Å². The average Bonchev–Trinajstić information content (AvgIpc) is 3.06. The largest absolute Gasteiger partial charge is 0.389 e. The lowest BCUT2D eigenvalue weighted by Crippen LogP contribution is -2.35. The second-order valence-corrected chi connectivity index (χ2v) is 7.22. The topological polar surface area (TPSA) is 41.5 Å². The molecule has 1 fully saturated rings. The van der Waals surface area contributed by atoms with E-state index in [1.165, 1.54) is 12.8 Å². The second kappa shape index (κ2) is 7.73. The van der Waals surface area contributed by atoms with Gasteiger partial charge in [-0.15, -0.1) is 0 Å². The van der Waals surface area contributed by atoms with Crippen molar-refractivity contribution in [1.29, 1.82) is 0 Å². The highest BCUT2D eigenvalue weighted by Crippen LogP contribution is 2.46. The van der Waals surface area contributed by atoms with E-state index in [2.05, 4.69) is 32.3 Å². The Hall–Kier alpha value is 0.230. The highest BCUT2D eigenvalue weighted by Gasteiger charge is 2.41. The smallest absolute Gasteiger partial charge is 0.0897 e. The molecule has 0 bridgehead atoms. The number of ether oxygens (including phenoxy) is 1. The van der Waals surface area contributed by atoms with Gasteiger partial charge in [0.05, 0.1) is 18.8 Å². The minimum absolute atomic E-state index is 0.237. The quantitative estimate of drug-likeness (QED) is 0.642. The molecular weight excluding hydrogens is 246 g/mol. The SMILES string of the molecule is CSC1(CNCC(O)COC(C)CC(C)C)CC1. The Labute approximate surface area is 116 Å². The Balaban J connectivity index is 2.01. The molecule has 2 atom stereocenters. The maximum atomic E-state index is 9.83. The summed E-state index contributed by atoms with van der Waals surface area (Å²) in [4.78, 5) is 0. The molecule has 1 aliphatic rings. The van der Waals surface area contributed by atoms with Crippen LogP contribution in [-0.4, -0.2) is 48.0 Å². The highest BCUT2D eigenvalue weighted by atomic mass is 32.2. The number of aliphatic hydroxyl groups is 1. The third-order valence-corrected chi connectivity index (χ3v) is 4.86. The van der Waals surface area contributed by atoms with Gasteiger partial charge >= 0.3 is 0 Å². The van der Waals surface area contributed by atoms with Gasteiger partial charge in [-0.1, -0.05) is 13.8 Å². The Morgan fingerprint density at radius 3 is 2.50 bits per heavy atom. The van der Waals surface area contributed by atoms with Gasteiger partial charge in [0.1, 0.15) is 0 Å². The monoisotopic (exact) mass is 275 g/mol. The summed E-state index contributed by atoms with van der Waals surface area (Å²) < 4.78 is 6.11. The van der Waals surface area contributed by atoms with Gasteiger partial charge in [-0.2, -0.15) is 11.8 Å². The van der Waals surface area contributed by atoms with E-state index in [-0.39, 0.29) is 6.10 Å². The van der Waals surface area contributed by atoms with Gasteiger partial charge < -0.3 is 15.2 Å². The molecule has 0 saturated heterocycles. The van der Waals surface area contributed by atoms with E-state index in [4.69, 9.17) is 4.74 Å². The first-order valence-corrected chi connectivity index (χ1v) is 8.25. The molecular formula is C14H29NO2S. The van der Waals surface area contributed by atoms with Gasteiger partial charge in [-0.25, -0.2) is 0 Å². The Kier molecular flexibility index (Phi) is 6.99. The van der Waals surface area contributed by atoms with Gasteiger partial charge in [0.25, 0.3) is 0 Å². The first kappa shape index (κ1) is 16.3. The molecule has 4 heteroatoms. The van der Waals surface area contributed by atoms with Crippen molar-refractivity contribution < 1.29 is 9.84 Å². The molecule has 2 N–H and O–H groups in total. The molecule has 2 unspecified atom stereocenters. The lowest BCUT2D eigenvalue weighted by Gasteiger charge is -2.19. The van der Waals surface area contributed by atoms with E-state index in [0.717, 1.165) is 13.0 Å². The summed E-state index contributed by atoms with van der Waals surface area (Å²) in [5.41, 5.74) is 0. The summed E-state index contributed by atoms with van der Waals surface area (Å²) in [7, 11) is 0. The van der Waals surface area contributed by atoms with Crippen molar-refractivity contribution in [2.45, 2.75) is 57.0 Å². The molecule has 108 valence electrons. The lowest BCUT2D eigenvalue weighted by molar-refractivity contribution is -0.00843. The Bertz CT molecular complexity index is 232. The molecule has 0 aromatic rings. The van der Waals surface area contributed by atoms with Crippen LogP contribution in [0.3, 0.4) is 0 Å². The van der Waals surface area contributed by atoms with Crippen LogP contribution in [-0.2, 0) is 4.74 Å². The molecule has 3 nitrogen and oxygen atoms in total. The molecule has 0 spiro atoms. The van der Waals surface area contributed by atoms with Crippen LogP contribution in [0.25, 0.3) is 0 Å². The summed E-state index contributed by atoms with van der Waals surface area (Å²) in [6, 6.07) is 0. The van der Waals surface area contributed by atoms with Crippen molar-refractivity contribution in [3.63, 3.8) is 0 Å². The summed E-state index contributed by atoms with van der Waals surface area (Å²) in [5, 5.41) is 13.2. The summed E-state index contributed by atoms with van der Waals surface area (Å²) in [6.07, 6.45) is 5.67. The van der Waals surface area contributed by atoms with Crippen molar-refractivity contribution >= 4 is 11.8 Å². The Morgan fingerprint density at radius 1 is 1.33 bits per heavy atom. The van der Waals surface area contributed by atoms with Crippen LogP contribution in [0.4, 0.5) is 0 Å². The molecule has 1 saturated carbocycles. The average molecular weight is 275 g/mol. The van der Waals surface area contributed by atoms with Crippen molar-refractivity contribution in [2.24, 2.45) is 5.92 Å². The molecule has 0 aliphatic heterocycles. The number of nitrogens with one attached hydrogen (secondary N) is 1. The predicted molar refractivity (Wildman–Crippen MR) is 79.2 cm³/mol. The highest BCUT2D eigenvalue weighted by molar-refractivity contribution is 8.00. The van der Waals surface area contributed by atoms with E-state index < -0.39 is 6.10 Å². The number of hydrogen-bond donors (Lipinski definition) is 2. The van der Waals surface area contributed by atoms with Crippen molar-refractivity contribution in [3.8, 4) is 0 Å². The summed E-state index contributed by atoms with van der Waals surface area (Å²) in [5.74, 6) is 0.645. The van der Waals surface area contributed by atoms with Crippen molar-refractivity contribution in [3.05, 3.63) is 0 Å². The first-order valence-electron chi connectivity index (χ1n) is 7.03. The van der Waals surface area contributed by atoms with E-state index in [9.17, 15) is 5.11 Å². The van der Waals surface area contributed by atoms with Crippen LogP contribution < -0.4 is 5.32 Å². The maximum absolute atomic E-state index is 9.83. The van der Waals surface area contributed by atoms with Crippen LogP contribution in [0.2, 0.25) is 0 Å². The molecule has 0 aromatic heterocycles. The van der Waals surface area contributed by atoms with Gasteiger partial charge in [0, 0.05) is 17.8 Å². The Morgan fingerprint density at radius 2 is 2.00 bits per heavy atom. The van der Waals surface area contributed by atoms with Crippen LogP contribution in [0.5, 0.6) is 0 Å². The summed E-state index contributed by atoms with van der Waals surface area (Å²) in [6.45, 7) is 8.54. The molecule has 18 heavy (non-hydrogen) atoms. The van der Waals surface area contributed by atoms with E-state index >= 15 is 0 Å². The van der Waals surface area contributed by atoms with Crippen molar-refractivity contribution in [1.82, 2.24) is 5.32 Å². The zero-order valence-corrected chi connectivity index (χ0v) is 13.1. The molecule has 1 rings (SSSR count). The van der Waals surface area contributed by atoms with Gasteiger partial charge in [-0.3, -0.25) is 0 Å². The fourth-order valence-electron chi connectivity index (χ4n) is 2.13. The fraction of sp³-hybridized carbons (Fsp3) is 1.00. The van der Waals surface area contributed by atoms with Crippen LogP contribution >= 0.6 is 11.8 Å². The lowest BCUT2D eigenvalue weighted by atomic mass is 10.1. The number of hydrogen-bond acceptors (Lipinski definition) is 4. The van der Waals surface area contributed by atoms with Crippen LogP contribution in [0.15, 0.2) is 0 Å². The third-order valence-electron chi connectivity index (χ3n) is 3.44. The number of thioether (sulfide) groups is 1. The standard InChI is InChI=1S/C14H29NO2S/c1-11(2)7-12(3)17-9-13(16)8-15-10-14(18-4)5-6-14/h11-13,15-16H,5-10H2,1-4H3. The molecule has 0 amide bonds. The fourth-order valence-corrected chi connectivity index (χ4v) is 2.88. The minimum atomic E-state index is -0.391. The van der Waals surface area contributed by atoms with Gasteiger partial charge in [-0.05, 0) is 38.4 Å². The van der Waals surface area contributed by atoms with Gasteiger partial charge in [0.15, 0.2) is 0 Å². The van der Waals surface area contributed by atoms with Crippen LogP contribution in [0.1, 0.15) is 40.0 Å². The van der Waals surface area contributed by atoms with E-state index in [1.54, 1.807) is 0 Å². The van der Waals surface area contributed by atoms with E-state index in [0.29, 0.717) is 23.8 Å². The third kappa shape index (κ3) is 6.41. The number of rotatable bonds is 10.